The number of amides is 2. The number of carbonyl (C=O) groups excluding carboxylic acids is 2. The van der Waals surface area contributed by atoms with Crippen molar-refractivity contribution in [1.82, 2.24) is 19.5 Å². The van der Waals surface area contributed by atoms with Crippen molar-refractivity contribution >= 4 is 28.8 Å². The highest BCUT2D eigenvalue weighted by Crippen LogP contribution is 2.34. The fraction of sp³-hybridized carbons (Fsp3) is 0.318. The van der Waals surface area contributed by atoms with Crippen molar-refractivity contribution in [3.05, 3.63) is 41.7 Å². The highest BCUT2D eigenvalue weighted by Gasteiger charge is 2.44. The number of carbonyl (C=O) groups is 2. The molecule has 0 radical (unpaired) electrons. The van der Waals surface area contributed by atoms with Gasteiger partial charge in [-0.15, -0.1) is 0 Å². The van der Waals surface area contributed by atoms with Gasteiger partial charge < -0.3 is 15.5 Å². The lowest BCUT2D eigenvalue weighted by molar-refractivity contribution is -0.145. The first-order valence-electron chi connectivity index (χ1n) is 9.90. The summed E-state index contributed by atoms with van der Waals surface area (Å²) in [4.78, 5) is 32.5. The quantitative estimate of drug-likeness (QED) is 0.682. The first kappa shape index (κ1) is 20.3. The maximum absolute atomic E-state index is 13.3. The molecular weight excluding hydrogens is 394 g/mol. The normalized spacial score (nSPS) is 15.9. The molecule has 158 valence electrons. The van der Waals surface area contributed by atoms with Crippen LogP contribution in [-0.4, -0.2) is 49.9 Å². The van der Waals surface area contributed by atoms with E-state index in [0.717, 1.165) is 22.3 Å². The van der Waals surface area contributed by atoms with Gasteiger partial charge in [0.05, 0.1) is 16.9 Å². The summed E-state index contributed by atoms with van der Waals surface area (Å²) in [6.45, 7) is 7.53. The van der Waals surface area contributed by atoms with E-state index in [1.54, 1.807) is 34.2 Å². The summed E-state index contributed by atoms with van der Waals surface area (Å²) in [7, 11) is 0. The number of hydrogen-bond donors (Lipinski definition) is 1. The Labute approximate surface area is 179 Å². The average Bonchev–Trinajstić information content (AvgIpc) is 3.07. The number of nitriles is 1. The van der Waals surface area contributed by atoms with Crippen molar-refractivity contribution in [2.24, 2.45) is 0 Å². The largest absolute Gasteiger partial charge is 0.382 e. The van der Waals surface area contributed by atoms with Gasteiger partial charge in [-0.25, -0.2) is 9.50 Å². The van der Waals surface area contributed by atoms with Crippen LogP contribution in [0.3, 0.4) is 0 Å². The van der Waals surface area contributed by atoms with Crippen LogP contribution in [0.25, 0.3) is 16.8 Å². The van der Waals surface area contributed by atoms with Crippen LogP contribution < -0.4 is 10.6 Å². The molecule has 1 fully saturated rings. The lowest BCUT2D eigenvalue weighted by atomic mass is 9.95. The first-order chi connectivity index (χ1) is 14.7. The third-order valence-corrected chi connectivity index (χ3v) is 5.85. The predicted molar refractivity (Wildman–Crippen MR) is 116 cm³/mol. The van der Waals surface area contributed by atoms with Gasteiger partial charge in [0.15, 0.2) is 5.82 Å². The third-order valence-electron chi connectivity index (χ3n) is 5.85. The van der Waals surface area contributed by atoms with Gasteiger partial charge in [0, 0.05) is 25.6 Å². The minimum absolute atomic E-state index is 0.153. The van der Waals surface area contributed by atoms with Crippen LogP contribution in [0.4, 0.5) is 11.5 Å². The van der Waals surface area contributed by atoms with E-state index < -0.39 is 5.54 Å². The second-order valence-corrected chi connectivity index (χ2v) is 8.15. The highest BCUT2D eigenvalue weighted by molar-refractivity contribution is 6.04. The molecule has 0 atom stereocenters. The van der Waals surface area contributed by atoms with E-state index in [1.807, 2.05) is 25.1 Å². The number of aromatic nitrogens is 3. The summed E-state index contributed by atoms with van der Waals surface area (Å²) in [6.07, 6.45) is 1.39. The summed E-state index contributed by atoms with van der Waals surface area (Å²) < 4.78 is 1.71. The van der Waals surface area contributed by atoms with Gasteiger partial charge in [-0.05, 0) is 44.5 Å². The zero-order chi connectivity index (χ0) is 22.5. The summed E-state index contributed by atoms with van der Waals surface area (Å²) in [6, 6.07) is 9.46. The molecule has 1 saturated heterocycles. The first-order valence-corrected chi connectivity index (χ1v) is 9.90. The summed E-state index contributed by atoms with van der Waals surface area (Å²) in [5, 5.41) is 14.0. The Balaban J connectivity index is 1.84. The molecule has 4 rings (SSSR count). The highest BCUT2D eigenvalue weighted by atomic mass is 16.2. The molecule has 2 N–H and O–H groups in total. The van der Waals surface area contributed by atoms with Crippen molar-refractivity contribution in [3.8, 4) is 17.3 Å². The van der Waals surface area contributed by atoms with Crippen LogP contribution in [0.1, 0.15) is 31.9 Å². The van der Waals surface area contributed by atoms with Crippen LogP contribution >= 0.6 is 0 Å². The molecule has 1 aromatic carbocycles. The summed E-state index contributed by atoms with van der Waals surface area (Å²) in [5.74, 6) is -0.00470. The topological polar surface area (TPSA) is 121 Å². The molecule has 1 aliphatic heterocycles. The van der Waals surface area contributed by atoms with E-state index in [0.29, 0.717) is 30.2 Å². The zero-order valence-electron chi connectivity index (χ0n) is 17.9. The van der Waals surface area contributed by atoms with E-state index in [2.05, 4.69) is 16.2 Å². The Hall–Kier alpha value is -3.93. The van der Waals surface area contributed by atoms with E-state index in [9.17, 15) is 14.9 Å². The van der Waals surface area contributed by atoms with Gasteiger partial charge in [0.25, 0.3) is 5.91 Å². The maximum atomic E-state index is 13.3. The monoisotopic (exact) mass is 417 g/mol. The Morgan fingerprint density at radius 3 is 2.68 bits per heavy atom. The maximum Gasteiger partial charge on any atom is 0.252 e. The van der Waals surface area contributed by atoms with Gasteiger partial charge in [0.1, 0.15) is 23.5 Å². The molecule has 3 aromatic rings. The number of piperazine rings is 1. The number of nitrogens with two attached hydrogens (primary N) is 1. The number of aryl methyl sites for hydroxylation is 1. The molecule has 3 heterocycles. The molecule has 9 heteroatoms. The minimum Gasteiger partial charge on any atom is -0.382 e. The fourth-order valence-corrected chi connectivity index (χ4v) is 4.28. The van der Waals surface area contributed by atoms with Gasteiger partial charge in [0.2, 0.25) is 5.91 Å². The van der Waals surface area contributed by atoms with Crippen molar-refractivity contribution in [2.45, 2.75) is 33.2 Å². The standard InChI is InChI=1S/C22H23N7O2/c1-13-9-18(29-19(13)20(24)25-12-26-29)15-5-6-16(11-23)17(10-15)27-7-8-28(14(2)30)22(3,4)21(27)31/h5-6,9-10,12H,7-8H2,1-4H3,(H2,24,25,26). The van der Waals surface area contributed by atoms with E-state index in [1.165, 1.54) is 13.3 Å². The number of nitrogen functional groups attached to an aromatic ring is 1. The van der Waals surface area contributed by atoms with Crippen molar-refractivity contribution in [2.75, 3.05) is 23.7 Å². The Morgan fingerprint density at radius 1 is 1.26 bits per heavy atom. The fourth-order valence-electron chi connectivity index (χ4n) is 4.28. The van der Waals surface area contributed by atoms with Crippen LogP contribution in [0.2, 0.25) is 0 Å². The zero-order valence-corrected chi connectivity index (χ0v) is 17.9. The molecule has 2 amide bonds. The van der Waals surface area contributed by atoms with Gasteiger partial charge in [-0.3, -0.25) is 9.59 Å². The second-order valence-electron chi connectivity index (χ2n) is 8.15. The van der Waals surface area contributed by atoms with Crippen molar-refractivity contribution in [1.29, 1.82) is 5.26 Å². The lowest BCUT2D eigenvalue weighted by Crippen LogP contribution is -2.64. The third kappa shape index (κ3) is 3.08. The van der Waals surface area contributed by atoms with Crippen LogP contribution in [-0.2, 0) is 9.59 Å². The van der Waals surface area contributed by atoms with E-state index in [4.69, 9.17) is 5.73 Å². The van der Waals surface area contributed by atoms with Crippen LogP contribution in [0.5, 0.6) is 0 Å². The molecule has 1 aliphatic rings. The van der Waals surface area contributed by atoms with E-state index >= 15 is 0 Å². The Morgan fingerprint density at radius 2 is 2.00 bits per heavy atom. The van der Waals surface area contributed by atoms with Gasteiger partial charge >= 0.3 is 0 Å². The summed E-state index contributed by atoms with van der Waals surface area (Å²) >= 11 is 0. The van der Waals surface area contributed by atoms with E-state index in [-0.39, 0.29) is 11.8 Å². The molecule has 0 aliphatic carbocycles. The number of rotatable bonds is 2. The second kappa shape index (κ2) is 7.09. The molecule has 2 aromatic heterocycles. The number of benzene rings is 1. The van der Waals surface area contributed by atoms with Gasteiger partial charge in [-0.1, -0.05) is 6.07 Å². The molecule has 0 saturated carbocycles. The van der Waals surface area contributed by atoms with Crippen molar-refractivity contribution in [3.63, 3.8) is 0 Å². The molecule has 0 spiro atoms. The van der Waals surface area contributed by atoms with Crippen LogP contribution in [0, 0.1) is 18.3 Å². The Bertz CT molecular complexity index is 1270. The SMILES string of the molecule is CC(=O)N1CCN(c2cc(-c3cc(C)c4c(N)ncnn34)ccc2C#N)C(=O)C1(C)C. The number of hydrogen-bond acceptors (Lipinski definition) is 6. The number of fused-ring (bicyclic) bond motifs is 1. The number of anilines is 2. The van der Waals surface area contributed by atoms with Crippen molar-refractivity contribution < 1.29 is 9.59 Å². The lowest BCUT2D eigenvalue weighted by Gasteiger charge is -2.45. The predicted octanol–water partition coefficient (Wildman–Crippen LogP) is 2.13. The number of nitrogens with zero attached hydrogens (tertiary/aromatic N) is 6. The van der Waals surface area contributed by atoms with Gasteiger partial charge in [-0.2, -0.15) is 10.4 Å². The molecule has 31 heavy (non-hydrogen) atoms. The molecule has 0 bridgehead atoms. The Kier molecular flexibility index (Phi) is 4.65. The summed E-state index contributed by atoms with van der Waals surface area (Å²) in [5.41, 5.74) is 9.12. The minimum atomic E-state index is -1.01. The molecule has 9 nitrogen and oxygen atoms in total. The molecule has 0 unspecified atom stereocenters. The molecular formula is C22H23N7O2. The average molecular weight is 417 g/mol. The van der Waals surface area contributed by atoms with Crippen LogP contribution in [0.15, 0.2) is 30.6 Å². The smallest absolute Gasteiger partial charge is 0.252 e.